The van der Waals surface area contributed by atoms with E-state index in [0.29, 0.717) is 18.2 Å². The molecule has 4 N–H and O–H groups in total. The van der Waals surface area contributed by atoms with Crippen LogP contribution in [-0.4, -0.2) is 16.6 Å². The van der Waals surface area contributed by atoms with Crippen molar-refractivity contribution in [1.82, 2.24) is 9.97 Å². The van der Waals surface area contributed by atoms with E-state index >= 15 is 0 Å². The van der Waals surface area contributed by atoms with Gasteiger partial charge in [-0.3, -0.25) is 0 Å². The summed E-state index contributed by atoms with van der Waals surface area (Å²) in [4.78, 5) is 7.95. The van der Waals surface area contributed by atoms with Gasteiger partial charge in [-0.25, -0.2) is 4.98 Å². The topological polar surface area (TPSA) is 111 Å². The van der Waals surface area contributed by atoms with Crippen LogP contribution in [0.5, 0.6) is 5.75 Å². The number of benzene rings is 1. The number of aromatic nitrogens is 2. The third kappa shape index (κ3) is 3.64. The van der Waals surface area contributed by atoms with Crippen molar-refractivity contribution in [3.8, 4) is 23.1 Å². The molecule has 0 amide bonds. The van der Waals surface area contributed by atoms with Crippen LogP contribution in [0.2, 0.25) is 0 Å². The maximum absolute atomic E-state index is 9.24. The van der Waals surface area contributed by atoms with Gasteiger partial charge in [-0.2, -0.15) is 10.2 Å². The number of nitriles is 1. The number of nitrogen functional groups attached to an aromatic ring is 2. The summed E-state index contributed by atoms with van der Waals surface area (Å²) in [6.07, 6.45) is 0.973. The number of nitrogens with two attached hydrogens (primary N) is 2. The molecular weight excluding hydrogens is 278 g/mol. The minimum absolute atomic E-state index is 0.0395. The van der Waals surface area contributed by atoms with Crippen molar-refractivity contribution in [3.05, 3.63) is 29.8 Å². The third-order valence-electron chi connectivity index (χ3n) is 3.14. The maximum Gasteiger partial charge on any atom is 0.222 e. The Morgan fingerprint density at radius 3 is 2.73 bits per heavy atom. The first kappa shape index (κ1) is 15.6. The highest BCUT2D eigenvalue weighted by Crippen LogP contribution is 2.28. The number of ether oxygens (including phenoxy) is 1. The molecule has 0 fully saturated rings. The molecule has 0 aliphatic rings. The maximum atomic E-state index is 9.24. The fraction of sp³-hybridized carbons (Fsp3) is 0.312. The highest BCUT2D eigenvalue weighted by atomic mass is 16.5. The Labute approximate surface area is 129 Å². The van der Waals surface area contributed by atoms with Crippen molar-refractivity contribution < 1.29 is 4.74 Å². The predicted molar refractivity (Wildman–Crippen MR) is 86.0 cm³/mol. The van der Waals surface area contributed by atoms with Gasteiger partial charge in [-0.15, -0.1) is 0 Å². The van der Waals surface area contributed by atoms with E-state index in [1.54, 1.807) is 0 Å². The van der Waals surface area contributed by atoms with Crippen LogP contribution in [0.15, 0.2) is 24.3 Å². The highest BCUT2D eigenvalue weighted by molar-refractivity contribution is 5.73. The fourth-order valence-electron chi connectivity index (χ4n) is 1.96. The molecule has 1 heterocycles. The van der Waals surface area contributed by atoms with E-state index in [4.69, 9.17) is 16.2 Å². The zero-order valence-corrected chi connectivity index (χ0v) is 12.7. The molecule has 6 heteroatoms. The van der Waals surface area contributed by atoms with Crippen molar-refractivity contribution in [2.45, 2.75) is 20.3 Å². The average molecular weight is 297 g/mol. The van der Waals surface area contributed by atoms with E-state index in [0.717, 1.165) is 17.7 Å². The summed E-state index contributed by atoms with van der Waals surface area (Å²) in [5.74, 6) is 1.42. The lowest BCUT2D eigenvalue weighted by atomic mass is 10.1. The van der Waals surface area contributed by atoms with Gasteiger partial charge in [0.05, 0.1) is 12.3 Å². The summed E-state index contributed by atoms with van der Waals surface area (Å²) in [5.41, 5.74) is 12.7. The van der Waals surface area contributed by atoms with E-state index in [1.165, 1.54) is 0 Å². The fourth-order valence-corrected chi connectivity index (χ4v) is 1.96. The van der Waals surface area contributed by atoms with Crippen LogP contribution >= 0.6 is 0 Å². The van der Waals surface area contributed by atoms with Gasteiger partial charge >= 0.3 is 0 Å². The molecule has 6 nitrogen and oxygen atoms in total. The lowest BCUT2D eigenvalue weighted by Gasteiger charge is -2.10. The van der Waals surface area contributed by atoms with Crippen LogP contribution in [0.1, 0.15) is 25.8 Å². The highest BCUT2D eigenvalue weighted by Gasteiger charge is 2.13. The molecule has 2 rings (SSSR count). The number of nitrogens with zero attached hydrogens (tertiary/aromatic N) is 3. The monoisotopic (exact) mass is 297 g/mol. The molecule has 22 heavy (non-hydrogen) atoms. The molecule has 0 saturated heterocycles. The molecule has 2 aromatic rings. The van der Waals surface area contributed by atoms with E-state index in [1.807, 2.05) is 30.3 Å². The minimum Gasteiger partial charge on any atom is -0.494 e. The summed E-state index contributed by atoms with van der Waals surface area (Å²) in [6.45, 7) is 4.93. The van der Waals surface area contributed by atoms with Gasteiger partial charge in [-0.05, 0) is 24.5 Å². The van der Waals surface area contributed by atoms with E-state index < -0.39 is 0 Å². The van der Waals surface area contributed by atoms with Gasteiger partial charge in [0.15, 0.2) is 0 Å². The Kier molecular flexibility index (Phi) is 4.79. The second-order valence-corrected chi connectivity index (χ2v) is 5.36. The Morgan fingerprint density at radius 1 is 1.27 bits per heavy atom. The van der Waals surface area contributed by atoms with Crippen LogP contribution in [0, 0.1) is 17.2 Å². The van der Waals surface area contributed by atoms with Gasteiger partial charge in [-0.1, -0.05) is 26.0 Å². The zero-order valence-electron chi connectivity index (χ0n) is 12.7. The van der Waals surface area contributed by atoms with Crippen molar-refractivity contribution in [2.75, 3.05) is 18.1 Å². The lowest BCUT2D eigenvalue weighted by Crippen LogP contribution is -2.05. The second-order valence-electron chi connectivity index (χ2n) is 5.36. The van der Waals surface area contributed by atoms with Gasteiger partial charge in [0.25, 0.3) is 0 Å². The molecule has 0 radical (unpaired) electrons. The van der Waals surface area contributed by atoms with Crippen LogP contribution in [0.25, 0.3) is 11.3 Å². The number of hydrogen-bond acceptors (Lipinski definition) is 6. The molecule has 0 aliphatic heterocycles. The molecule has 1 aromatic carbocycles. The Morgan fingerprint density at radius 2 is 2.05 bits per heavy atom. The first-order valence-corrected chi connectivity index (χ1v) is 7.07. The molecule has 114 valence electrons. The van der Waals surface area contributed by atoms with Gasteiger partial charge in [0, 0.05) is 5.56 Å². The molecule has 0 atom stereocenters. The standard InChI is InChI=1S/C16H19N5O/c1-10(2)6-7-22-12-5-3-4-11(8-12)14-13(9-17)15(18)21-16(19)20-14/h3-5,8,10H,6-7H2,1-2H3,(H4,18,19,20,21). The van der Waals surface area contributed by atoms with Crippen molar-refractivity contribution in [3.63, 3.8) is 0 Å². The smallest absolute Gasteiger partial charge is 0.222 e. The molecular formula is C16H19N5O. The molecule has 0 unspecified atom stereocenters. The first-order valence-electron chi connectivity index (χ1n) is 7.07. The molecule has 0 spiro atoms. The largest absolute Gasteiger partial charge is 0.494 e. The first-order chi connectivity index (χ1) is 10.5. The quantitative estimate of drug-likeness (QED) is 0.877. The lowest BCUT2D eigenvalue weighted by molar-refractivity contribution is 0.289. The molecule has 1 aromatic heterocycles. The normalized spacial score (nSPS) is 10.5. The Hall–Kier alpha value is -2.81. The SMILES string of the molecule is CC(C)CCOc1cccc(-c2nc(N)nc(N)c2C#N)c1. The number of rotatable bonds is 5. The molecule has 0 saturated carbocycles. The second kappa shape index (κ2) is 6.76. The molecule has 0 aliphatic carbocycles. The summed E-state index contributed by atoms with van der Waals surface area (Å²) in [6, 6.07) is 9.38. The Bertz CT molecular complexity index is 706. The Balaban J connectivity index is 2.32. The van der Waals surface area contributed by atoms with Gasteiger partial charge in [0.1, 0.15) is 23.2 Å². The van der Waals surface area contributed by atoms with E-state index in [2.05, 4.69) is 23.8 Å². The minimum atomic E-state index is 0.0395. The van der Waals surface area contributed by atoms with Gasteiger partial charge in [0.2, 0.25) is 5.95 Å². The van der Waals surface area contributed by atoms with Crippen LogP contribution in [0.3, 0.4) is 0 Å². The van der Waals surface area contributed by atoms with Crippen molar-refractivity contribution >= 4 is 11.8 Å². The van der Waals surface area contributed by atoms with Crippen LogP contribution in [0.4, 0.5) is 11.8 Å². The summed E-state index contributed by atoms with van der Waals surface area (Å²) >= 11 is 0. The number of anilines is 2. The van der Waals surface area contributed by atoms with Crippen molar-refractivity contribution in [2.24, 2.45) is 5.92 Å². The van der Waals surface area contributed by atoms with E-state index in [9.17, 15) is 5.26 Å². The van der Waals surface area contributed by atoms with Crippen LogP contribution < -0.4 is 16.2 Å². The summed E-state index contributed by atoms with van der Waals surface area (Å²) in [5, 5.41) is 9.24. The van der Waals surface area contributed by atoms with Crippen LogP contribution in [-0.2, 0) is 0 Å². The summed E-state index contributed by atoms with van der Waals surface area (Å²) in [7, 11) is 0. The average Bonchev–Trinajstić information content (AvgIpc) is 2.46. The zero-order chi connectivity index (χ0) is 16.1. The summed E-state index contributed by atoms with van der Waals surface area (Å²) < 4.78 is 5.72. The third-order valence-corrected chi connectivity index (χ3v) is 3.14. The molecule has 0 bridgehead atoms. The number of hydrogen-bond donors (Lipinski definition) is 2. The van der Waals surface area contributed by atoms with Gasteiger partial charge < -0.3 is 16.2 Å². The predicted octanol–water partition coefficient (Wildman–Crippen LogP) is 2.60. The van der Waals surface area contributed by atoms with Crippen molar-refractivity contribution in [1.29, 1.82) is 5.26 Å². The van der Waals surface area contributed by atoms with E-state index in [-0.39, 0.29) is 17.3 Å².